The first-order chi connectivity index (χ1) is 9.73. The predicted octanol–water partition coefficient (Wildman–Crippen LogP) is 0.514. The summed E-state index contributed by atoms with van der Waals surface area (Å²) in [5.41, 5.74) is 7.17. The van der Waals surface area contributed by atoms with Crippen LogP contribution in [0.1, 0.15) is 27.0 Å². The minimum absolute atomic E-state index is 0.0500. The van der Waals surface area contributed by atoms with E-state index in [1.54, 1.807) is 19.1 Å². The number of anilines is 1. The average Bonchev–Trinajstić information content (AvgIpc) is 2.43. The fourth-order valence-electron chi connectivity index (χ4n) is 2.22. The number of ketones is 1. The summed E-state index contributed by atoms with van der Waals surface area (Å²) in [4.78, 5) is 36.4. The second-order valence-corrected chi connectivity index (χ2v) is 5.15. The van der Waals surface area contributed by atoms with Crippen LogP contribution in [-0.2, 0) is 14.1 Å². The van der Waals surface area contributed by atoms with Crippen LogP contribution >= 0.6 is 0 Å². The number of aromatic nitrogens is 2. The third-order valence-corrected chi connectivity index (χ3v) is 3.55. The molecule has 0 saturated heterocycles. The Bertz CT molecular complexity index is 860. The minimum Gasteiger partial charge on any atom is -0.398 e. The molecule has 0 saturated carbocycles. The molecule has 1 aromatic heterocycles. The zero-order valence-corrected chi connectivity index (χ0v) is 12.4. The van der Waals surface area contributed by atoms with Crippen LogP contribution in [0, 0.1) is 13.8 Å². The van der Waals surface area contributed by atoms with Gasteiger partial charge < -0.3 is 10.3 Å². The molecule has 1 aromatic carbocycles. The summed E-state index contributed by atoms with van der Waals surface area (Å²) in [5, 5.41) is 0. The third-order valence-electron chi connectivity index (χ3n) is 3.55. The van der Waals surface area contributed by atoms with Crippen molar-refractivity contribution in [3.63, 3.8) is 0 Å². The fourth-order valence-corrected chi connectivity index (χ4v) is 2.22. The van der Waals surface area contributed by atoms with E-state index in [0.717, 1.165) is 15.7 Å². The molecule has 0 fully saturated rings. The van der Waals surface area contributed by atoms with Gasteiger partial charge in [-0.25, -0.2) is 4.79 Å². The number of hydrogen-bond donors (Lipinski definition) is 1. The van der Waals surface area contributed by atoms with Crippen LogP contribution in [0.15, 0.2) is 27.9 Å². The van der Waals surface area contributed by atoms with Crippen molar-refractivity contribution in [2.75, 3.05) is 5.73 Å². The van der Waals surface area contributed by atoms with E-state index >= 15 is 0 Å². The highest BCUT2D eigenvalue weighted by Gasteiger charge is 2.19. The number of nitrogens with two attached hydrogens (primary N) is 1. The maximum absolute atomic E-state index is 12.6. The lowest BCUT2D eigenvalue weighted by atomic mass is 9.97. The van der Waals surface area contributed by atoms with E-state index in [0.29, 0.717) is 11.3 Å². The Hall–Kier alpha value is -2.63. The topological polar surface area (TPSA) is 87.1 Å². The summed E-state index contributed by atoms with van der Waals surface area (Å²) in [5.74, 6) is -0.435. The number of aryl methyl sites for hydroxylation is 3. The molecule has 0 atom stereocenters. The van der Waals surface area contributed by atoms with E-state index in [1.807, 2.05) is 6.92 Å². The van der Waals surface area contributed by atoms with Gasteiger partial charge in [-0.15, -0.1) is 0 Å². The first-order valence-corrected chi connectivity index (χ1v) is 6.42. The predicted molar refractivity (Wildman–Crippen MR) is 80.7 cm³/mol. The van der Waals surface area contributed by atoms with Crippen molar-refractivity contribution in [3.8, 4) is 0 Å². The molecule has 2 aromatic rings. The highest BCUT2D eigenvalue weighted by molar-refractivity contribution is 6.10. The van der Waals surface area contributed by atoms with E-state index in [1.165, 1.54) is 24.9 Å². The number of nitrogen functional groups attached to an aromatic ring is 1. The van der Waals surface area contributed by atoms with Gasteiger partial charge in [0.05, 0.1) is 0 Å². The highest BCUT2D eigenvalue weighted by Crippen LogP contribution is 2.19. The Kier molecular flexibility index (Phi) is 3.55. The van der Waals surface area contributed by atoms with Gasteiger partial charge in [-0.05, 0) is 31.0 Å². The lowest BCUT2D eigenvalue weighted by molar-refractivity contribution is 0.103. The molecule has 0 spiro atoms. The molecule has 6 heteroatoms. The van der Waals surface area contributed by atoms with Crippen LogP contribution in [0.5, 0.6) is 0 Å². The normalized spacial score (nSPS) is 10.7. The van der Waals surface area contributed by atoms with Crippen LogP contribution < -0.4 is 17.0 Å². The number of hydrogen-bond acceptors (Lipinski definition) is 4. The molecule has 2 N–H and O–H groups in total. The number of carbonyl (C=O) groups is 1. The summed E-state index contributed by atoms with van der Waals surface area (Å²) in [6.07, 6.45) is 1.27. The zero-order valence-electron chi connectivity index (χ0n) is 12.4. The summed E-state index contributed by atoms with van der Waals surface area (Å²) in [7, 11) is 2.84. The standard InChI is InChI=1S/C15H17N3O3/c1-8-5-9(2)12(16)6-10(8)13(19)11-7-17(3)15(21)18(4)14(11)20/h5-7H,16H2,1-4H3. The Morgan fingerprint density at radius 2 is 1.67 bits per heavy atom. The highest BCUT2D eigenvalue weighted by atomic mass is 16.2. The molecule has 0 unspecified atom stereocenters. The number of nitrogens with zero attached hydrogens (tertiary/aromatic N) is 2. The van der Waals surface area contributed by atoms with Crippen molar-refractivity contribution in [2.45, 2.75) is 13.8 Å². The van der Waals surface area contributed by atoms with Crippen LogP contribution in [0.2, 0.25) is 0 Å². The van der Waals surface area contributed by atoms with Gasteiger partial charge in [-0.2, -0.15) is 0 Å². The van der Waals surface area contributed by atoms with E-state index in [2.05, 4.69) is 0 Å². The van der Waals surface area contributed by atoms with Crippen molar-refractivity contribution in [3.05, 3.63) is 61.4 Å². The molecular formula is C15H17N3O3. The van der Waals surface area contributed by atoms with E-state index in [4.69, 9.17) is 5.73 Å². The zero-order chi connectivity index (χ0) is 15.9. The molecule has 0 aliphatic rings. The van der Waals surface area contributed by atoms with E-state index in [9.17, 15) is 14.4 Å². The van der Waals surface area contributed by atoms with Gasteiger partial charge >= 0.3 is 5.69 Å². The van der Waals surface area contributed by atoms with Crippen LogP contribution in [0.3, 0.4) is 0 Å². The van der Waals surface area contributed by atoms with Gasteiger partial charge in [-0.1, -0.05) is 6.07 Å². The molecule has 1 heterocycles. The van der Waals surface area contributed by atoms with Gasteiger partial charge in [0.1, 0.15) is 5.56 Å². The number of rotatable bonds is 2. The lowest BCUT2D eigenvalue weighted by Gasteiger charge is -2.10. The van der Waals surface area contributed by atoms with Gasteiger partial charge in [0.2, 0.25) is 0 Å². The molecule has 6 nitrogen and oxygen atoms in total. The molecule has 110 valence electrons. The largest absolute Gasteiger partial charge is 0.398 e. The second-order valence-electron chi connectivity index (χ2n) is 5.15. The van der Waals surface area contributed by atoms with Crippen LogP contribution in [0.4, 0.5) is 5.69 Å². The Labute approximate surface area is 121 Å². The average molecular weight is 287 g/mol. The van der Waals surface area contributed by atoms with Crippen molar-refractivity contribution >= 4 is 11.5 Å². The summed E-state index contributed by atoms with van der Waals surface area (Å²) >= 11 is 0. The first kappa shape index (κ1) is 14.8. The fraction of sp³-hybridized carbons (Fsp3) is 0.267. The maximum Gasteiger partial charge on any atom is 0.330 e. The Morgan fingerprint density at radius 1 is 1.05 bits per heavy atom. The van der Waals surface area contributed by atoms with Crippen molar-refractivity contribution in [1.29, 1.82) is 0 Å². The maximum atomic E-state index is 12.6. The van der Waals surface area contributed by atoms with Crippen molar-refractivity contribution in [2.24, 2.45) is 14.1 Å². The van der Waals surface area contributed by atoms with Gasteiger partial charge in [0.25, 0.3) is 5.56 Å². The van der Waals surface area contributed by atoms with Gasteiger partial charge in [-0.3, -0.25) is 14.2 Å². The van der Waals surface area contributed by atoms with Crippen LogP contribution in [0.25, 0.3) is 0 Å². The second kappa shape index (κ2) is 5.05. The summed E-state index contributed by atoms with van der Waals surface area (Å²) in [6.45, 7) is 3.63. The number of benzene rings is 1. The van der Waals surface area contributed by atoms with E-state index < -0.39 is 17.0 Å². The van der Waals surface area contributed by atoms with Crippen LogP contribution in [-0.4, -0.2) is 14.9 Å². The first-order valence-electron chi connectivity index (χ1n) is 6.42. The van der Waals surface area contributed by atoms with E-state index in [-0.39, 0.29) is 5.56 Å². The Balaban J connectivity index is 2.70. The Morgan fingerprint density at radius 3 is 2.29 bits per heavy atom. The SMILES string of the molecule is Cc1cc(C)c(C(=O)c2cn(C)c(=O)n(C)c2=O)cc1N. The smallest absolute Gasteiger partial charge is 0.330 e. The molecular weight excluding hydrogens is 270 g/mol. The molecule has 0 aliphatic heterocycles. The molecule has 0 aliphatic carbocycles. The summed E-state index contributed by atoms with van der Waals surface area (Å²) in [6, 6.07) is 3.37. The number of carbonyl (C=O) groups excluding carboxylic acids is 1. The summed E-state index contributed by atoms with van der Waals surface area (Å²) < 4.78 is 2.13. The molecule has 21 heavy (non-hydrogen) atoms. The molecule has 0 amide bonds. The lowest BCUT2D eigenvalue weighted by Crippen LogP contribution is -2.39. The quantitative estimate of drug-likeness (QED) is 0.644. The monoisotopic (exact) mass is 287 g/mol. The van der Waals surface area contributed by atoms with Crippen molar-refractivity contribution in [1.82, 2.24) is 9.13 Å². The molecule has 0 radical (unpaired) electrons. The van der Waals surface area contributed by atoms with Crippen molar-refractivity contribution < 1.29 is 4.79 Å². The molecule has 2 rings (SSSR count). The molecule has 0 bridgehead atoms. The minimum atomic E-state index is -0.610. The van der Waals surface area contributed by atoms with Gasteiger partial charge in [0.15, 0.2) is 5.78 Å². The van der Waals surface area contributed by atoms with Gasteiger partial charge in [0, 0.05) is 31.5 Å². The third kappa shape index (κ3) is 2.40.